The van der Waals surface area contributed by atoms with Crippen LogP contribution >= 0.6 is 22.6 Å². The molecule has 2 aliphatic rings. The van der Waals surface area contributed by atoms with Crippen LogP contribution in [-0.2, 0) is 6.42 Å². The molecule has 2 fully saturated rings. The summed E-state index contributed by atoms with van der Waals surface area (Å²) in [4.78, 5) is 9.61. The monoisotopic (exact) mass is 357 g/mol. The standard InChI is InChI=1S/C14H20IN3/c1-3-11-12(15)14(16-2)18-13(17-11)10-7-8-4-5-9(10)6-8/h8-10H,3-7H2,1-2H3,(H,16,17,18). The van der Waals surface area contributed by atoms with E-state index in [2.05, 4.69) is 34.8 Å². The smallest absolute Gasteiger partial charge is 0.143 e. The van der Waals surface area contributed by atoms with E-state index in [4.69, 9.17) is 9.97 Å². The van der Waals surface area contributed by atoms with E-state index < -0.39 is 0 Å². The molecule has 98 valence electrons. The Labute approximate surface area is 122 Å². The van der Waals surface area contributed by atoms with Crippen molar-refractivity contribution >= 4 is 28.4 Å². The second kappa shape index (κ2) is 4.94. The van der Waals surface area contributed by atoms with Crippen LogP contribution in [0.1, 0.15) is 50.0 Å². The van der Waals surface area contributed by atoms with Crippen LogP contribution in [0.25, 0.3) is 0 Å². The fourth-order valence-corrected chi connectivity index (χ4v) is 4.53. The van der Waals surface area contributed by atoms with Crippen molar-refractivity contribution < 1.29 is 0 Å². The Morgan fingerprint density at radius 1 is 1.28 bits per heavy atom. The van der Waals surface area contributed by atoms with Gasteiger partial charge in [0.15, 0.2) is 0 Å². The molecule has 2 saturated carbocycles. The molecule has 1 N–H and O–H groups in total. The Balaban J connectivity index is 1.97. The van der Waals surface area contributed by atoms with Crippen molar-refractivity contribution in [2.45, 2.75) is 44.9 Å². The average Bonchev–Trinajstić information content (AvgIpc) is 3.01. The minimum absolute atomic E-state index is 0.623. The van der Waals surface area contributed by atoms with E-state index in [-0.39, 0.29) is 0 Å². The predicted octanol–water partition coefficient (Wildman–Crippen LogP) is 3.59. The molecule has 2 aliphatic carbocycles. The first-order valence-corrected chi connectivity index (χ1v) is 8.04. The number of nitrogens with zero attached hydrogens (tertiary/aromatic N) is 2. The highest BCUT2D eigenvalue weighted by atomic mass is 127. The number of fused-ring (bicyclic) bond motifs is 2. The van der Waals surface area contributed by atoms with Crippen molar-refractivity contribution in [3.63, 3.8) is 0 Å². The average molecular weight is 357 g/mol. The largest absolute Gasteiger partial charge is 0.372 e. The van der Waals surface area contributed by atoms with Gasteiger partial charge in [-0.05, 0) is 60.1 Å². The van der Waals surface area contributed by atoms with E-state index in [1.165, 1.54) is 34.9 Å². The number of aromatic nitrogens is 2. The zero-order chi connectivity index (χ0) is 12.7. The molecule has 3 rings (SSSR count). The summed E-state index contributed by atoms with van der Waals surface area (Å²) in [6.07, 6.45) is 6.54. The Morgan fingerprint density at radius 3 is 2.67 bits per heavy atom. The van der Waals surface area contributed by atoms with Gasteiger partial charge in [0.25, 0.3) is 0 Å². The normalized spacial score (nSPS) is 29.8. The van der Waals surface area contributed by atoms with Gasteiger partial charge in [0, 0.05) is 13.0 Å². The lowest BCUT2D eigenvalue weighted by Gasteiger charge is -2.21. The Hall–Kier alpha value is -0.390. The molecule has 1 aromatic rings. The van der Waals surface area contributed by atoms with Crippen molar-refractivity contribution in [3.8, 4) is 0 Å². The number of hydrogen-bond acceptors (Lipinski definition) is 3. The van der Waals surface area contributed by atoms with Crippen LogP contribution in [0.4, 0.5) is 5.82 Å². The lowest BCUT2D eigenvalue weighted by atomic mass is 9.88. The predicted molar refractivity (Wildman–Crippen MR) is 81.9 cm³/mol. The van der Waals surface area contributed by atoms with Crippen molar-refractivity contribution in [1.82, 2.24) is 9.97 Å². The quantitative estimate of drug-likeness (QED) is 0.841. The summed E-state index contributed by atoms with van der Waals surface area (Å²) in [6, 6.07) is 0. The number of nitrogens with one attached hydrogen (secondary N) is 1. The van der Waals surface area contributed by atoms with Crippen LogP contribution in [-0.4, -0.2) is 17.0 Å². The molecule has 3 nitrogen and oxygen atoms in total. The van der Waals surface area contributed by atoms with Crippen LogP contribution in [0.3, 0.4) is 0 Å². The zero-order valence-corrected chi connectivity index (χ0v) is 13.2. The lowest BCUT2D eigenvalue weighted by Crippen LogP contribution is -2.15. The first-order chi connectivity index (χ1) is 8.72. The third-order valence-corrected chi connectivity index (χ3v) is 5.71. The second-order valence-corrected chi connectivity index (χ2v) is 6.65. The second-order valence-electron chi connectivity index (χ2n) is 5.58. The summed E-state index contributed by atoms with van der Waals surface area (Å²) in [6.45, 7) is 2.18. The summed E-state index contributed by atoms with van der Waals surface area (Å²) in [5, 5.41) is 3.22. The molecule has 0 amide bonds. The van der Waals surface area contributed by atoms with Crippen LogP contribution in [0.5, 0.6) is 0 Å². The van der Waals surface area contributed by atoms with Crippen molar-refractivity contribution in [2.75, 3.05) is 12.4 Å². The molecule has 3 atom stereocenters. The van der Waals surface area contributed by atoms with E-state index in [9.17, 15) is 0 Å². The highest BCUT2D eigenvalue weighted by Crippen LogP contribution is 2.52. The molecule has 1 aromatic heterocycles. The fraction of sp³-hybridized carbons (Fsp3) is 0.714. The highest BCUT2D eigenvalue weighted by molar-refractivity contribution is 14.1. The number of anilines is 1. The maximum absolute atomic E-state index is 4.84. The van der Waals surface area contributed by atoms with E-state index >= 15 is 0 Å². The molecule has 3 unspecified atom stereocenters. The SMILES string of the molecule is CCc1nc(C2CC3CCC2C3)nc(NC)c1I. The zero-order valence-electron chi connectivity index (χ0n) is 11.0. The number of rotatable bonds is 3. The third-order valence-electron chi connectivity index (χ3n) is 4.58. The molecular formula is C14H20IN3. The Morgan fingerprint density at radius 2 is 2.11 bits per heavy atom. The minimum Gasteiger partial charge on any atom is -0.372 e. The summed E-state index contributed by atoms with van der Waals surface area (Å²) in [5.74, 6) is 4.54. The maximum Gasteiger partial charge on any atom is 0.143 e. The van der Waals surface area contributed by atoms with Gasteiger partial charge in [-0.3, -0.25) is 0 Å². The van der Waals surface area contributed by atoms with Gasteiger partial charge in [0.1, 0.15) is 11.6 Å². The first kappa shape index (κ1) is 12.6. The molecule has 2 bridgehead atoms. The number of hydrogen-bond donors (Lipinski definition) is 1. The van der Waals surface area contributed by atoms with Crippen molar-refractivity contribution in [1.29, 1.82) is 0 Å². The van der Waals surface area contributed by atoms with Crippen molar-refractivity contribution in [2.24, 2.45) is 11.8 Å². The molecule has 0 aliphatic heterocycles. The summed E-state index contributed by atoms with van der Waals surface area (Å²) in [5.41, 5.74) is 1.20. The van der Waals surface area contributed by atoms with E-state index in [0.717, 1.165) is 29.9 Å². The highest BCUT2D eigenvalue weighted by Gasteiger charge is 2.41. The minimum atomic E-state index is 0.623. The number of halogens is 1. The van der Waals surface area contributed by atoms with Gasteiger partial charge in [0.2, 0.25) is 0 Å². The van der Waals surface area contributed by atoms with Gasteiger partial charge in [0.05, 0.1) is 9.26 Å². The van der Waals surface area contributed by atoms with E-state index in [0.29, 0.717) is 5.92 Å². The third kappa shape index (κ3) is 2.02. The molecule has 0 saturated heterocycles. The summed E-state index contributed by atoms with van der Waals surface area (Å²) < 4.78 is 1.18. The molecule has 4 heteroatoms. The van der Waals surface area contributed by atoms with Gasteiger partial charge in [-0.1, -0.05) is 13.3 Å². The fourth-order valence-electron chi connectivity index (χ4n) is 3.64. The molecule has 0 radical (unpaired) electrons. The Kier molecular flexibility index (Phi) is 3.47. The van der Waals surface area contributed by atoms with Gasteiger partial charge < -0.3 is 5.32 Å². The van der Waals surface area contributed by atoms with Crippen molar-refractivity contribution in [3.05, 3.63) is 15.1 Å². The maximum atomic E-state index is 4.84. The molecule has 1 heterocycles. The van der Waals surface area contributed by atoms with E-state index in [1.807, 2.05) is 7.05 Å². The van der Waals surface area contributed by atoms with Crippen LogP contribution in [0.15, 0.2) is 0 Å². The Bertz CT molecular complexity index is 435. The molecule has 0 aromatic carbocycles. The van der Waals surface area contributed by atoms with Gasteiger partial charge in [-0.2, -0.15) is 0 Å². The summed E-state index contributed by atoms with van der Waals surface area (Å²) in [7, 11) is 1.95. The van der Waals surface area contributed by atoms with Gasteiger partial charge in [-0.15, -0.1) is 0 Å². The topological polar surface area (TPSA) is 37.8 Å². The van der Waals surface area contributed by atoms with Gasteiger partial charge in [-0.25, -0.2) is 9.97 Å². The summed E-state index contributed by atoms with van der Waals surface area (Å²) >= 11 is 2.36. The van der Waals surface area contributed by atoms with Gasteiger partial charge >= 0.3 is 0 Å². The number of aryl methyl sites for hydroxylation is 1. The molecule has 18 heavy (non-hydrogen) atoms. The first-order valence-electron chi connectivity index (χ1n) is 6.97. The lowest BCUT2D eigenvalue weighted by molar-refractivity contribution is 0.404. The van der Waals surface area contributed by atoms with Crippen LogP contribution < -0.4 is 5.32 Å². The molecule has 0 spiro atoms. The molecular weight excluding hydrogens is 337 g/mol. The van der Waals surface area contributed by atoms with Crippen LogP contribution in [0, 0.1) is 15.4 Å². The van der Waals surface area contributed by atoms with E-state index in [1.54, 1.807) is 0 Å². The van der Waals surface area contributed by atoms with Crippen LogP contribution in [0.2, 0.25) is 0 Å².